The number of H-pyrrole nitrogens is 1. The van der Waals surface area contributed by atoms with Crippen LogP contribution in [0.5, 0.6) is 0 Å². The first-order valence-corrected chi connectivity index (χ1v) is 7.93. The molecule has 1 aromatic carbocycles. The Hall–Kier alpha value is -2.28. The number of carbonyl (C=O) groups excluding carboxylic acids is 1. The van der Waals surface area contributed by atoms with Crippen molar-refractivity contribution in [1.29, 1.82) is 5.26 Å². The van der Waals surface area contributed by atoms with Gasteiger partial charge < -0.3 is 10.3 Å². The Labute approximate surface area is 130 Å². The molecule has 2 aromatic rings. The first-order chi connectivity index (χ1) is 10.6. The first kappa shape index (κ1) is 14.6. The largest absolute Gasteiger partial charge is 0.350 e. The van der Waals surface area contributed by atoms with Gasteiger partial charge in [0, 0.05) is 16.9 Å². The van der Waals surface area contributed by atoms with Crippen LogP contribution < -0.4 is 5.32 Å². The molecule has 1 saturated carbocycles. The van der Waals surface area contributed by atoms with Crippen LogP contribution in [0.15, 0.2) is 18.2 Å². The van der Waals surface area contributed by atoms with Crippen molar-refractivity contribution in [2.75, 3.05) is 0 Å². The Morgan fingerprint density at radius 3 is 2.82 bits per heavy atom. The molecule has 0 spiro atoms. The van der Waals surface area contributed by atoms with Gasteiger partial charge in [0.2, 0.25) is 0 Å². The van der Waals surface area contributed by atoms with E-state index in [1.165, 1.54) is 19.3 Å². The summed E-state index contributed by atoms with van der Waals surface area (Å²) in [6.07, 6.45) is 4.69. The lowest BCUT2D eigenvalue weighted by atomic mass is 9.86. The molecule has 4 heteroatoms. The zero-order chi connectivity index (χ0) is 15.7. The molecule has 0 unspecified atom stereocenters. The third-order valence-electron chi connectivity index (χ3n) is 4.75. The van der Waals surface area contributed by atoms with Crippen LogP contribution >= 0.6 is 0 Å². The molecule has 22 heavy (non-hydrogen) atoms. The molecule has 4 nitrogen and oxygen atoms in total. The number of carbonyl (C=O) groups is 1. The maximum Gasteiger partial charge on any atom is 0.267 e. The topological polar surface area (TPSA) is 68.7 Å². The van der Waals surface area contributed by atoms with E-state index in [-0.39, 0.29) is 11.9 Å². The van der Waals surface area contributed by atoms with Gasteiger partial charge in [-0.25, -0.2) is 0 Å². The van der Waals surface area contributed by atoms with E-state index < -0.39 is 0 Å². The summed E-state index contributed by atoms with van der Waals surface area (Å²) in [5.74, 6) is 0.488. The standard InChI is InChI=1S/C18H21N3O/c1-11-5-3-4-6-15(11)21-18(22)17-9-14-12(2)7-13(10-19)8-16(14)20-17/h7-9,11,15,20H,3-6H2,1-2H3,(H,21,22)/t11-,15+/m0/s1. The SMILES string of the molecule is Cc1cc(C#N)cc2[nH]c(C(=O)N[C@@H]3CCCC[C@@H]3C)cc12. The molecule has 3 rings (SSSR count). The van der Waals surface area contributed by atoms with Crippen LogP contribution in [0.3, 0.4) is 0 Å². The minimum Gasteiger partial charge on any atom is -0.350 e. The Morgan fingerprint density at radius 1 is 1.32 bits per heavy atom. The smallest absolute Gasteiger partial charge is 0.267 e. The number of nitriles is 1. The van der Waals surface area contributed by atoms with Gasteiger partial charge in [0.15, 0.2) is 0 Å². The number of nitrogens with one attached hydrogen (secondary N) is 2. The van der Waals surface area contributed by atoms with Crippen LogP contribution in [0.1, 0.15) is 54.2 Å². The number of fused-ring (bicyclic) bond motifs is 1. The van der Waals surface area contributed by atoms with E-state index in [1.54, 1.807) is 6.07 Å². The summed E-state index contributed by atoms with van der Waals surface area (Å²) in [5.41, 5.74) is 3.04. The molecule has 0 saturated heterocycles. The fraction of sp³-hybridized carbons (Fsp3) is 0.444. The molecule has 1 heterocycles. The molecule has 2 atom stereocenters. The maximum atomic E-state index is 12.5. The highest BCUT2D eigenvalue weighted by molar-refractivity contribution is 5.99. The predicted molar refractivity (Wildman–Crippen MR) is 86.6 cm³/mol. The number of nitrogens with zero attached hydrogens (tertiary/aromatic N) is 1. The number of hydrogen-bond acceptors (Lipinski definition) is 2. The molecule has 1 amide bonds. The van der Waals surface area contributed by atoms with Gasteiger partial charge in [-0.05, 0) is 49.4 Å². The first-order valence-electron chi connectivity index (χ1n) is 7.93. The summed E-state index contributed by atoms with van der Waals surface area (Å²) in [6.45, 7) is 4.17. The number of rotatable bonds is 2. The Balaban J connectivity index is 1.85. The summed E-state index contributed by atoms with van der Waals surface area (Å²) in [4.78, 5) is 15.6. The van der Waals surface area contributed by atoms with Crippen molar-refractivity contribution in [3.63, 3.8) is 0 Å². The molecular weight excluding hydrogens is 274 g/mol. The second kappa shape index (κ2) is 5.84. The van der Waals surface area contributed by atoms with Crippen molar-refractivity contribution >= 4 is 16.8 Å². The van der Waals surface area contributed by atoms with E-state index in [2.05, 4.69) is 23.3 Å². The summed E-state index contributed by atoms with van der Waals surface area (Å²) in [5, 5.41) is 13.2. The summed E-state index contributed by atoms with van der Waals surface area (Å²) in [7, 11) is 0. The van der Waals surface area contributed by atoms with Gasteiger partial charge >= 0.3 is 0 Å². The minimum absolute atomic E-state index is 0.0483. The molecule has 0 bridgehead atoms. The lowest BCUT2D eigenvalue weighted by molar-refractivity contribution is 0.0906. The van der Waals surface area contributed by atoms with E-state index >= 15 is 0 Å². The van der Waals surface area contributed by atoms with Gasteiger partial charge in [-0.1, -0.05) is 19.8 Å². The Bertz CT molecular complexity index is 754. The highest BCUT2D eigenvalue weighted by atomic mass is 16.1. The van der Waals surface area contributed by atoms with Gasteiger partial charge in [-0.2, -0.15) is 5.26 Å². The van der Waals surface area contributed by atoms with Crippen molar-refractivity contribution in [2.24, 2.45) is 5.92 Å². The van der Waals surface area contributed by atoms with Crippen molar-refractivity contribution in [2.45, 2.75) is 45.6 Å². The zero-order valence-electron chi connectivity index (χ0n) is 13.1. The zero-order valence-corrected chi connectivity index (χ0v) is 13.1. The molecule has 1 aliphatic rings. The van der Waals surface area contributed by atoms with Gasteiger partial charge in [0.25, 0.3) is 5.91 Å². The normalized spacial score (nSPS) is 21.5. The fourth-order valence-corrected chi connectivity index (χ4v) is 3.38. The van der Waals surface area contributed by atoms with E-state index in [1.807, 2.05) is 19.1 Å². The van der Waals surface area contributed by atoms with Gasteiger partial charge in [0.05, 0.1) is 11.6 Å². The molecule has 114 valence electrons. The summed E-state index contributed by atoms with van der Waals surface area (Å²) >= 11 is 0. The average Bonchev–Trinajstić information content (AvgIpc) is 2.94. The lowest BCUT2D eigenvalue weighted by Gasteiger charge is -2.29. The highest BCUT2D eigenvalue weighted by Gasteiger charge is 2.23. The van der Waals surface area contributed by atoms with Crippen LogP contribution in [0.25, 0.3) is 10.9 Å². The Morgan fingerprint density at radius 2 is 2.09 bits per heavy atom. The maximum absolute atomic E-state index is 12.5. The number of amides is 1. The van der Waals surface area contributed by atoms with Crippen molar-refractivity contribution in [1.82, 2.24) is 10.3 Å². The van der Waals surface area contributed by atoms with Crippen LogP contribution in [-0.4, -0.2) is 16.9 Å². The van der Waals surface area contributed by atoms with Gasteiger partial charge in [0.1, 0.15) is 5.69 Å². The second-order valence-electron chi connectivity index (χ2n) is 6.39. The summed E-state index contributed by atoms with van der Waals surface area (Å²) in [6, 6.07) is 7.94. The third-order valence-corrected chi connectivity index (χ3v) is 4.75. The van der Waals surface area contributed by atoms with Crippen LogP contribution in [-0.2, 0) is 0 Å². The van der Waals surface area contributed by atoms with Crippen LogP contribution in [0.2, 0.25) is 0 Å². The molecule has 0 aliphatic heterocycles. The van der Waals surface area contributed by atoms with Crippen LogP contribution in [0.4, 0.5) is 0 Å². The molecule has 1 fully saturated rings. The number of benzene rings is 1. The monoisotopic (exact) mass is 295 g/mol. The predicted octanol–water partition coefficient (Wildman–Crippen LogP) is 3.66. The number of aryl methyl sites for hydroxylation is 1. The number of hydrogen-bond donors (Lipinski definition) is 2. The molecule has 1 aliphatic carbocycles. The number of aromatic amines is 1. The van der Waals surface area contributed by atoms with Crippen molar-refractivity contribution < 1.29 is 4.79 Å². The molecule has 1 aromatic heterocycles. The quantitative estimate of drug-likeness (QED) is 0.887. The molecule has 0 radical (unpaired) electrons. The third kappa shape index (κ3) is 2.71. The fourth-order valence-electron chi connectivity index (χ4n) is 3.38. The number of aromatic nitrogens is 1. The van der Waals surface area contributed by atoms with E-state index in [9.17, 15) is 4.79 Å². The van der Waals surface area contributed by atoms with Gasteiger partial charge in [-0.3, -0.25) is 4.79 Å². The van der Waals surface area contributed by atoms with Crippen LogP contribution in [0, 0.1) is 24.2 Å². The minimum atomic E-state index is -0.0483. The van der Waals surface area contributed by atoms with Crippen molar-refractivity contribution in [3.8, 4) is 6.07 Å². The highest BCUT2D eigenvalue weighted by Crippen LogP contribution is 2.25. The van der Waals surface area contributed by atoms with E-state index in [0.29, 0.717) is 17.2 Å². The van der Waals surface area contributed by atoms with Gasteiger partial charge in [-0.15, -0.1) is 0 Å². The second-order valence-corrected chi connectivity index (χ2v) is 6.39. The van der Waals surface area contributed by atoms with E-state index in [0.717, 1.165) is 22.9 Å². The molecular formula is C18H21N3O. The van der Waals surface area contributed by atoms with E-state index in [4.69, 9.17) is 5.26 Å². The average molecular weight is 295 g/mol. The Kier molecular flexibility index (Phi) is 3.89. The molecule has 2 N–H and O–H groups in total. The van der Waals surface area contributed by atoms with Crippen molar-refractivity contribution in [3.05, 3.63) is 35.0 Å². The lowest BCUT2D eigenvalue weighted by Crippen LogP contribution is -2.41. The summed E-state index contributed by atoms with van der Waals surface area (Å²) < 4.78 is 0.